The van der Waals surface area contributed by atoms with E-state index in [0.29, 0.717) is 30.1 Å². The molecule has 0 atom stereocenters. The van der Waals surface area contributed by atoms with Crippen LogP contribution >= 0.6 is 0 Å². The standard InChI is InChI=1S/C17H19N5O2/c1-12-10-15(16(23)19-8-5-9-24-2)22-17(20-12)21-14-7-4-3-6-13(14)11-18/h3-4,6-7,10H,5,8-9H2,1-2H3,(H,19,23)(H,20,21,22). The molecule has 0 saturated heterocycles. The second kappa shape index (κ2) is 8.60. The number of nitriles is 1. The van der Waals surface area contributed by atoms with Crippen LogP contribution in [0.2, 0.25) is 0 Å². The molecule has 0 aliphatic heterocycles. The van der Waals surface area contributed by atoms with E-state index in [1.54, 1.807) is 38.3 Å². The van der Waals surface area contributed by atoms with Gasteiger partial charge in [-0.2, -0.15) is 5.26 Å². The highest BCUT2D eigenvalue weighted by Crippen LogP contribution is 2.18. The fraction of sp³-hybridized carbons (Fsp3) is 0.294. The molecule has 0 spiro atoms. The van der Waals surface area contributed by atoms with E-state index in [0.717, 1.165) is 6.42 Å². The Hall–Kier alpha value is -2.98. The second-order valence-corrected chi connectivity index (χ2v) is 5.10. The highest BCUT2D eigenvalue weighted by molar-refractivity contribution is 5.92. The highest BCUT2D eigenvalue weighted by Gasteiger charge is 2.11. The van der Waals surface area contributed by atoms with E-state index in [1.165, 1.54) is 0 Å². The number of carbonyl (C=O) groups is 1. The number of para-hydroxylation sites is 1. The Morgan fingerprint density at radius 1 is 1.33 bits per heavy atom. The monoisotopic (exact) mass is 325 g/mol. The van der Waals surface area contributed by atoms with Crippen LogP contribution in [0.25, 0.3) is 0 Å². The molecule has 7 nitrogen and oxygen atoms in total. The van der Waals surface area contributed by atoms with E-state index in [-0.39, 0.29) is 17.5 Å². The molecule has 124 valence electrons. The van der Waals surface area contributed by atoms with Crippen molar-refractivity contribution < 1.29 is 9.53 Å². The zero-order valence-corrected chi connectivity index (χ0v) is 13.7. The number of benzene rings is 1. The van der Waals surface area contributed by atoms with Gasteiger partial charge in [0.2, 0.25) is 5.95 Å². The zero-order chi connectivity index (χ0) is 17.4. The molecule has 0 unspecified atom stereocenters. The van der Waals surface area contributed by atoms with Crippen molar-refractivity contribution in [1.29, 1.82) is 5.26 Å². The van der Waals surface area contributed by atoms with Crippen molar-refractivity contribution in [1.82, 2.24) is 15.3 Å². The van der Waals surface area contributed by atoms with Gasteiger partial charge >= 0.3 is 0 Å². The third-order valence-electron chi connectivity index (χ3n) is 3.19. The molecule has 1 heterocycles. The van der Waals surface area contributed by atoms with Crippen LogP contribution in [0.15, 0.2) is 30.3 Å². The number of nitrogens with one attached hydrogen (secondary N) is 2. The minimum atomic E-state index is -0.270. The summed E-state index contributed by atoms with van der Waals surface area (Å²) in [6, 6.07) is 10.8. The summed E-state index contributed by atoms with van der Waals surface area (Å²) < 4.78 is 4.94. The number of anilines is 2. The molecule has 0 bridgehead atoms. The predicted octanol–water partition coefficient (Wildman–Crippen LogP) is 2.17. The first kappa shape index (κ1) is 17.4. The van der Waals surface area contributed by atoms with Crippen molar-refractivity contribution in [2.45, 2.75) is 13.3 Å². The van der Waals surface area contributed by atoms with E-state index in [4.69, 9.17) is 10.00 Å². The normalized spacial score (nSPS) is 10.0. The summed E-state index contributed by atoms with van der Waals surface area (Å²) in [4.78, 5) is 20.7. The third-order valence-corrected chi connectivity index (χ3v) is 3.19. The first-order valence-corrected chi connectivity index (χ1v) is 7.53. The molecule has 1 aromatic carbocycles. The molecule has 24 heavy (non-hydrogen) atoms. The molecule has 0 aliphatic carbocycles. The average molecular weight is 325 g/mol. The molecule has 0 radical (unpaired) electrons. The van der Waals surface area contributed by atoms with Gasteiger partial charge in [-0.3, -0.25) is 4.79 Å². The fourth-order valence-corrected chi connectivity index (χ4v) is 2.06. The lowest BCUT2D eigenvalue weighted by atomic mass is 10.2. The van der Waals surface area contributed by atoms with Gasteiger partial charge < -0.3 is 15.4 Å². The topological polar surface area (TPSA) is 99.9 Å². The van der Waals surface area contributed by atoms with E-state index >= 15 is 0 Å². The Bertz CT molecular complexity index is 755. The molecule has 0 fully saturated rings. The van der Waals surface area contributed by atoms with Gasteiger partial charge in [0.15, 0.2) is 0 Å². The Labute approximate surface area is 140 Å². The Morgan fingerprint density at radius 2 is 2.12 bits per heavy atom. The van der Waals surface area contributed by atoms with Gasteiger partial charge in [-0.15, -0.1) is 0 Å². The minimum absolute atomic E-state index is 0.270. The number of amides is 1. The van der Waals surface area contributed by atoms with E-state index < -0.39 is 0 Å². The largest absolute Gasteiger partial charge is 0.385 e. The molecular weight excluding hydrogens is 306 g/mol. The first-order chi connectivity index (χ1) is 11.6. The van der Waals surface area contributed by atoms with E-state index in [9.17, 15) is 4.79 Å². The van der Waals surface area contributed by atoms with Crippen LogP contribution < -0.4 is 10.6 Å². The number of nitrogens with zero attached hydrogens (tertiary/aromatic N) is 3. The summed E-state index contributed by atoms with van der Waals surface area (Å²) in [6.45, 7) is 2.88. The summed E-state index contributed by atoms with van der Waals surface area (Å²) in [7, 11) is 1.62. The number of carbonyl (C=O) groups excluding carboxylic acids is 1. The van der Waals surface area contributed by atoms with Crippen molar-refractivity contribution in [3.8, 4) is 6.07 Å². The van der Waals surface area contributed by atoms with Gasteiger partial charge in [0.1, 0.15) is 11.8 Å². The van der Waals surface area contributed by atoms with Crippen LogP contribution in [-0.2, 0) is 4.74 Å². The van der Waals surface area contributed by atoms with Crippen LogP contribution in [0.5, 0.6) is 0 Å². The smallest absolute Gasteiger partial charge is 0.270 e. The fourth-order valence-electron chi connectivity index (χ4n) is 2.06. The molecular formula is C17H19N5O2. The number of hydrogen-bond acceptors (Lipinski definition) is 6. The highest BCUT2D eigenvalue weighted by atomic mass is 16.5. The molecule has 7 heteroatoms. The molecule has 0 aliphatic rings. The van der Waals surface area contributed by atoms with Crippen LogP contribution in [0.1, 0.15) is 28.2 Å². The summed E-state index contributed by atoms with van der Waals surface area (Å²) in [6.07, 6.45) is 0.729. The van der Waals surface area contributed by atoms with Crippen molar-refractivity contribution in [2.24, 2.45) is 0 Å². The lowest BCUT2D eigenvalue weighted by Gasteiger charge is -2.09. The second-order valence-electron chi connectivity index (χ2n) is 5.10. The van der Waals surface area contributed by atoms with Crippen molar-refractivity contribution in [3.05, 3.63) is 47.3 Å². The Kier molecular flexibility index (Phi) is 6.23. The minimum Gasteiger partial charge on any atom is -0.385 e. The lowest BCUT2D eigenvalue weighted by molar-refractivity contribution is 0.0943. The van der Waals surface area contributed by atoms with Gasteiger partial charge in [0.25, 0.3) is 5.91 Å². The lowest BCUT2D eigenvalue weighted by Crippen LogP contribution is -2.26. The maximum atomic E-state index is 12.2. The Morgan fingerprint density at radius 3 is 2.88 bits per heavy atom. The van der Waals surface area contributed by atoms with Crippen LogP contribution in [-0.4, -0.2) is 36.1 Å². The number of ether oxygens (including phenoxy) is 1. The van der Waals surface area contributed by atoms with Crippen LogP contribution in [0, 0.1) is 18.3 Å². The number of rotatable bonds is 7. The molecule has 2 rings (SSSR count). The van der Waals surface area contributed by atoms with Crippen LogP contribution in [0.3, 0.4) is 0 Å². The average Bonchev–Trinajstić information content (AvgIpc) is 2.58. The summed E-state index contributed by atoms with van der Waals surface area (Å²) in [5.74, 6) is 0.00737. The molecule has 1 aromatic heterocycles. The quantitative estimate of drug-likeness (QED) is 0.757. The predicted molar refractivity (Wildman–Crippen MR) is 90.0 cm³/mol. The van der Waals surface area contributed by atoms with Gasteiger partial charge in [-0.25, -0.2) is 9.97 Å². The van der Waals surface area contributed by atoms with Crippen molar-refractivity contribution >= 4 is 17.5 Å². The first-order valence-electron chi connectivity index (χ1n) is 7.53. The summed E-state index contributed by atoms with van der Waals surface area (Å²) >= 11 is 0. The van der Waals surface area contributed by atoms with Gasteiger partial charge in [-0.05, 0) is 31.5 Å². The van der Waals surface area contributed by atoms with Crippen LogP contribution in [0.4, 0.5) is 11.6 Å². The molecule has 1 amide bonds. The number of hydrogen-bond donors (Lipinski definition) is 2. The van der Waals surface area contributed by atoms with Crippen molar-refractivity contribution in [2.75, 3.05) is 25.6 Å². The molecule has 0 saturated carbocycles. The summed E-state index contributed by atoms with van der Waals surface area (Å²) in [5, 5.41) is 14.9. The van der Waals surface area contributed by atoms with E-state index in [1.807, 2.05) is 6.07 Å². The van der Waals surface area contributed by atoms with Gasteiger partial charge in [0, 0.05) is 26.0 Å². The summed E-state index contributed by atoms with van der Waals surface area (Å²) in [5.41, 5.74) is 2.01. The van der Waals surface area contributed by atoms with Crippen molar-refractivity contribution in [3.63, 3.8) is 0 Å². The molecule has 2 aromatic rings. The SMILES string of the molecule is COCCCNC(=O)c1cc(C)nc(Nc2ccccc2C#N)n1. The molecule has 2 N–H and O–H groups in total. The number of aryl methyl sites for hydroxylation is 1. The third kappa shape index (κ3) is 4.76. The zero-order valence-electron chi connectivity index (χ0n) is 13.7. The Balaban J connectivity index is 2.13. The van der Waals surface area contributed by atoms with Gasteiger partial charge in [0.05, 0.1) is 11.3 Å². The maximum absolute atomic E-state index is 12.2. The van der Waals surface area contributed by atoms with Gasteiger partial charge in [-0.1, -0.05) is 12.1 Å². The number of aromatic nitrogens is 2. The maximum Gasteiger partial charge on any atom is 0.270 e. The number of methoxy groups -OCH3 is 1. The van der Waals surface area contributed by atoms with E-state index in [2.05, 4.69) is 26.7 Å².